The molecule has 15 heavy (non-hydrogen) atoms. The number of hydrogen-bond acceptors (Lipinski definition) is 2. The normalized spacial score (nSPS) is 22.8. The van der Waals surface area contributed by atoms with E-state index in [1.165, 1.54) is 51.4 Å². The minimum atomic E-state index is 0.00654. The molecule has 1 heterocycles. The van der Waals surface area contributed by atoms with Gasteiger partial charge in [0.1, 0.15) is 0 Å². The van der Waals surface area contributed by atoms with Crippen LogP contribution >= 0.6 is 0 Å². The van der Waals surface area contributed by atoms with E-state index in [-0.39, 0.29) is 5.97 Å². The maximum atomic E-state index is 11.2. The van der Waals surface area contributed by atoms with Crippen LogP contribution in [0, 0.1) is 0 Å². The summed E-state index contributed by atoms with van der Waals surface area (Å²) >= 11 is 0. The zero-order chi connectivity index (χ0) is 10.8. The van der Waals surface area contributed by atoms with Crippen LogP contribution in [0.25, 0.3) is 0 Å². The van der Waals surface area contributed by atoms with Crippen LogP contribution in [0.5, 0.6) is 0 Å². The Morgan fingerprint density at radius 1 is 0.667 bits per heavy atom. The molecule has 1 fully saturated rings. The Morgan fingerprint density at radius 3 is 1.73 bits per heavy atom. The zero-order valence-electron chi connectivity index (χ0n) is 9.80. The van der Waals surface area contributed by atoms with Crippen molar-refractivity contribution in [1.82, 2.24) is 0 Å². The highest BCUT2D eigenvalue weighted by atomic mass is 16.5. The highest BCUT2D eigenvalue weighted by molar-refractivity contribution is 5.69. The number of esters is 1. The highest BCUT2D eigenvalue weighted by Crippen LogP contribution is 2.12. The number of rotatable bonds is 0. The second-order valence-electron chi connectivity index (χ2n) is 4.51. The van der Waals surface area contributed by atoms with Crippen LogP contribution in [0.3, 0.4) is 0 Å². The van der Waals surface area contributed by atoms with Gasteiger partial charge in [0, 0.05) is 6.42 Å². The van der Waals surface area contributed by atoms with Gasteiger partial charge in [-0.2, -0.15) is 0 Å². The van der Waals surface area contributed by atoms with Crippen molar-refractivity contribution in [2.45, 2.75) is 70.6 Å². The molecule has 0 aliphatic carbocycles. The second kappa shape index (κ2) is 8.75. The van der Waals surface area contributed by atoms with Gasteiger partial charge in [-0.3, -0.25) is 4.79 Å². The molecule has 1 aliphatic heterocycles. The first-order valence-corrected chi connectivity index (χ1v) is 6.55. The number of carbonyl (C=O) groups excluding carboxylic acids is 1. The van der Waals surface area contributed by atoms with Crippen molar-refractivity contribution in [3.8, 4) is 0 Å². The van der Waals surface area contributed by atoms with E-state index in [9.17, 15) is 4.79 Å². The Morgan fingerprint density at radius 2 is 1.13 bits per heavy atom. The number of cyclic esters (lactones) is 1. The van der Waals surface area contributed by atoms with Gasteiger partial charge in [0.25, 0.3) is 0 Å². The van der Waals surface area contributed by atoms with Gasteiger partial charge in [-0.15, -0.1) is 0 Å². The lowest BCUT2D eigenvalue weighted by Gasteiger charge is -2.07. The summed E-state index contributed by atoms with van der Waals surface area (Å²) in [7, 11) is 0. The van der Waals surface area contributed by atoms with E-state index in [1.807, 2.05) is 0 Å². The smallest absolute Gasteiger partial charge is 0.305 e. The van der Waals surface area contributed by atoms with Gasteiger partial charge in [-0.1, -0.05) is 51.4 Å². The highest BCUT2D eigenvalue weighted by Gasteiger charge is 2.03. The van der Waals surface area contributed by atoms with E-state index in [4.69, 9.17) is 4.74 Å². The van der Waals surface area contributed by atoms with Crippen LogP contribution in [0.4, 0.5) is 0 Å². The number of carbonyl (C=O) groups is 1. The molecule has 0 aromatic carbocycles. The van der Waals surface area contributed by atoms with Crippen LogP contribution in [0.2, 0.25) is 0 Å². The fourth-order valence-electron chi connectivity index (χ4n) is 2.04. The van der Waals surface area contributed by atoms with Gasteiger partial charge in [0.15, 0.2) is 0 Å². The summed E-state index contributed by atoms with van der Waals surface area (Å²) in [6.07, 6.45) is 13.1. The van der Waals surface area contributed by atoms with Crippen LogP contribution in [0.1, 0.15) is 70.6 Å². The van der Waals surface area contributed by atoms with Crippen molar-refractivity contribution >= 4 is 5.97 Å². The third-order valence-corrected chi connectivity index (χ3v) is 3.04. The lowest BCUT2D eigenvalue weighted by Crippen LogP contribution is -2.05. The van der Waals surface area contributed by atoms with Crippen molar-refractivity contribution in [1.29, 1.82) is 0 Å². The summed E-state index contributed by atoms with van der Waals surface area (Å²) in [6, 6.07) is 0. The monoisotopic (exact) mass is 212 g/mol. The van der Waals surface area contributed by atoms with Crippen molar-refractivity contribution in [3.05, 3.63) is 0 Å². The molecule has 0 N–H and O–H groups in total. The van der Waals surface area contributed by atoms with E-state index in [1.54, 1.807) is 0 Å². The summed E-state index contributed by atoms with van der Waals surface area (Å²) in [6.45, 7) is 0.638. The van der Waals surface area contributed by atoms with Crippen LogP contribution in [-0.4, -0.2) is 12.6 Å². The molecule has 1 aliphatic rings. The first kappa shape index (κ1) is 12.5. The molecule has 0 bridgehead atoms. The van der Waals surface area contributed by atoms with Gasteiger partial charge < -0.3 is 4.74 Å². The largest absolute Gasteiger partial charge is 0.466 e. The molecule has 0 radical (unpaired) electrons. The number of ether oxygens (including phenoxy) is 1. The predicted molar refractivity (Wildman–Crippen MR) is 61.7 cm³/mol. The molecule has 1 saturated heterocycles. The summed E-state index contributed by atoms with van der Waals surface area (Å²) < 4.78 is 5.15. The molecule has 2 heteroatoms. The molecular weight excluding hydrogens is 188 g/mol. The first-order chi connectivity index (χ1) is 7.39. The standard InChI is InChI=1S/C13H24O2/c14-13-11-9-7-5-3-1-2-4-6-8-10-12-15-13/h1-12H2. The molecule has 88 valence electrons. The van der Waals surface area contributed by atoms with Gasteiger partial charge in [-0.25, -0.2) is 0 Å². The maximum absolute atomic E-state index is 11.2. The SMILES string of the molecule is O=C1CCCCCCCCCCCCO1. The molecule has 0 aromatic heterocycles. The van der Waals surface area contributed by atoms with Crippen molar-refractivity contribution < 1.29 is 9.53 Å². The van der Waals surface area contributed by atoms with Gasteiger partial charge >= 0.3 is 5.97 Å². The number of hydrogen-bond donors (Lipinski definition) is 0. The van der Waals surface area contributed by atoms with Crippen molar-refractivity contribution in [2.75, 3.05) is 6.61 Å². The average Bonchev–Trinajstić information content (AvgIpc) is 2.24. The summed E-state index contributed by atoms with van der Waals surface area (Å²) in [5, 5.41) is 0. The van der Waals surface area contributed by atoms with Gasteiger partial charge in [0.05, 0.1) is 6.61 Å². The Hall–Kier alpha value is -0.530. The fraction of sp³-hybridized carbons (Fsp3) is 0.923. The Labute approximate surface area is 93.4 Å². The van der Waals surface area contributed by atoms with Crippen molar-refractivity contribution in [2.24, 2.45) is 0 Å². The quantitative estimate of drug-likeness (QED) is 0.570. The Bertz CT molecular complexity index is 150. The lowest BCUT2D eigenvalue weighted by molar-refractivity contribution is -0.143. The zero-order valence-corrected chi connectivity index (χ0v) is 9.80. The molecule has 0 spiro atoms. The van der Waals surface area contributed by atoms with Gasteiger partial charge in [0.2, 0.25) is 0 Å². The van der Waals surface area contributed by atoms with Crippen LogP contribution in [-0.2, 0) is 9.53 Å². The summed E-state index contributed by atoms with van der Waals surface area (Å²) in [4.78, 5) is 11.2. The van der Waals surface area contributed by atoms with Crippen LogP contribution in [0.15, 0.2) is 0 Å². The van der Waals surface area contributed by atoms with E-state index >= 15 is 0 Å². The first-order valence-electron chi connectivity index (χ1n) is 6.55. The van der Waals surface area contributed by atoms with E-state index < -0.39 is 0 Å². The molecule has 0 aromatic rings. The molecule has 0 atom stereocenters. The third kappa shape index (κ3) is 7.40. The predicted octanol–water partition coefficient (Wildman–Crippen LogP) is 3.83. The fourth-order valence-corrected chi connectivity index (χ4v) is 2.04. The topological polar surface area (TPSA) is 26.3 Å². The summed E-state index contributed by atoms with van der Waals surface area (Å²) in [5.41, 5.74) is 0. The molecule has 0 unspecified atom stereocenters. The second-order valence-corrected chi connectivity index (χ2v) is 4.51. The van der Waals surface area contributed by atoms with E-state index in [0.29, 0.717) is 13.0 Å². The summed E-state index contributed by atoms with van der Waals surface area (Å²) in [5.74, 6) is 0.00654. The molecule has 2 nitrogen and oxygen atoms in total. The minimum absolute atomic E-state index is 0.00654. The minimum Gasteiger partial charge on any atom is -0.466 e. The van der Waals surface area contributed by atoms with Crippen LogP contribution < -0.4 is 0 Å². The Kier molecular flexibility index (Phi) is 7.32. The third-order valence-electron chi connectivity index (χ3n) is 3.04. The lowest BCUT2D eigenvalue weighted by atomic mass is 10.1. The average molecular weight is 212 g/mol. The molecular formula is C13H24O2. The molecule has 0 saturated carbocycles. The van der Waals surface area contributed by atoms with Gasteiger partial charge in [-0.05, 0) is 12.8 Å². The molecule has 0 amide bonds. The van der Waals surface area contributed by atoms with Crippen molar-refractivity contribution in [3.63, 3.8) is 0 Å². The van der Waals surface area contributed by atoms with E-state index in [0.717, 1.165) is 12.8 Å². The Balaban J connectivity index is 2.13. The molecule has 1 rings (SSSR count). The maximum Gasteiger partial charge on any atom is 0.305 e. The van der Waals surface area contributed by atoms with E-state index in [2.05, 4.69) is 0 Å².